The van der Waals surface area contributed by atoms with Gasteiger partial charge in [0.1, 0.15) is 10.0 Å². The molecule has 1 amide bonds. The molecule has 0 radical (unpaired) electrons. The SMILES string of the molecule is O=C(c1ccccc1C(F)(F)F)N1CCCC(c2nnc(Cc3ccccc3)s2)C1. The summed E-state index contributed by atoms with van der Waals surface area (Å²) in [6.07, 6.45) is -2.32. The van der Waals surface area contributed by atoms with E-state index in [9.17, 15) is 18.0 Å². The predicted octanol–water partition coefficient (Wildman–Crippen LogP) is 5.17. The number of carbonyl (C=O) groups excluding carboxylic acids is 1. The summed E-state index contributed by atoms with van der Waals surface area (Å²) in [5, 5.41) is 10.3. The molecule has 0 bridgehead atoms. The minimum absolute atomic E-state index is 0.0113. The number of hydrogen-bond acceptors (Lipinski definition) is 4. The van der Waals surface area contributed by atoms with E-state index in [1.165, 1.54) is 34.4 Å². The van der Waals surface area contributed by atoms with Crippen LogP contribution in [0.5, 0.6) is 0 Å². The molecule has 1 aliphatic rings. The van der Waals surface area contributed by atoms with E-state index in [0.29, 0.717) is 19.5 Å². The Labute approximate surface area is 176 Å². The number of likely N-dealkylation sites (tertiary alicyclic amines) is 1. The average Bonchev–Trinajstić information content (AvgIpc) is 3.22. The Hall–Kier alpha value is -2.74. The Bertz CT molecular complexity index is 1020. The van der Waals surface area contributed by atoms with Crippen LogP contribution in [-0.4, -0.2) is 34.1 Å². The first-order chi connectivity index (χ1) is 14.4. The van der Waals surface area contributed by atoms with Gasteiger partial charge in [0.2, 0.25) is 0 Å². The molecule has 30 heavy (non-hydrogen) atoms. The van der Waals surface area contributed by atoms with Crippen LogP contribution in [0.25, 0.3) is 0 Å². The third-order valence-electron chi connectivity index (χ3n) is 5.20. The molecule has 156 valence electrons. The summed E-state index contributed by atoms with van der Waals surface area (Å²) in [7, 11) is 0. The highest BCUT2D eigenvalue weighted by Gasteiger charge is 2.37. The van der Waals surface area contributed by atoms with E-state index < -0.39 is 17.6 Å². The van der Waals surface area contributed by atoms with Crippen molar-refractivity contribution in [1.82, 2.24) is 15.1 Å². The molecule has 1 aromatic heterocycles. The minimum Gasteiger partial charge on any atom is -0.338 e. The molecular weight excluding hydrogens is 411 g/mol. The van der Waals surface area contributed by atoms with Gasteiger partial charge in [-0.2, -0.15) is 13.2 Å². The van der Waals surface area contributed by atoms with Crippen molar-refractivity contribution in [2.45, 2.75) is 31.4 Å². The van der Waals surface area contributed by atoms with E-state index in [-0.39, 0.29) is 11.5 Å². The van der Waals surface area contributed by atoms with Crippen LogP contribution in [0, 0.1) is 0 Å². The first-order valence-electron chi connectivity index (χ1n) is 9.73. The topological polar surface area (TPSA) is 46.1 Å². The molecule has 4 nitrogen and oxygen atoms in total. The zero-order valence-corrected chi connectivity index (χ0v) is 16.9. The molecule has 2 aromatic carbocycles. The highest BCUT2D eigenvalue weighted by atomic mass is 32.1. The summed E-state index contributed by atoms with van der Waals surface area (Å²) >= 11 is 1.51. The van der Waals surface area contributed by atoms with Crippen molar-refractivity contribution in [3.63, 3.8) is 0 Å². The van der Waals surface area contributed by atoms with E-state index in [1.54, 1.807) is 0 Å². The van der Waals surface area contributed by atoms with Crippen molar-refractivity contribution in [3.8, 4) is 0 Å². The Kier molecular flexibility index (Phi) is 5.85. The Morgan fingerprint density at radius 2 is 1.80 bits per heavy atom. The largest absolute Gasteiger partial charge is 0.417 e. The number of benzene rings is 2. The number of piperidine rings is 1. The number of aromatic nitrogens is 2. The predicted molar refractivity (Wildman–Crippen MR) is 108 cm³/mol. The summed E-state index contributed by atoms with van der Waals surface area (Å²) in [5.41, 5.74) is -0.0460. The van der Waals surface area contributed by atoms with Crippen LogP contribution in [-0.2, 0) is 12.6 Å². The van der Waals surface area contributed by atoms with E-state index in [0.717, 1.165) is 34.5 Å². The highest BCUT2D eigenvalue weighted by molar-refractivity contribution is 7.11. The van der Waals surface area contributed by atoms with E-state index in [1.807, 2.05) is 30.3 Å². The maximum absolute atomic E-state index is 13.3. The maximum atomic E-state index is 13.3. The van der Waals surface area contributed by atoms with Crippen LogP contribution in [0.1, 0.15) is 50.3 Å². The standard InChI is InChI=1S/C22H20F3N3OS/c23-22(24,25)18-11-5-4-10-17(18)21(29)28-12-6-9-16(14-28)20-27-26-19(30-20)13-15-7-2-1-3-8-15/h1-5,7-8,10-11,16H,6,9,12-14H2. The lowest BCUT2D eigenvalue weighted by Gasteiger charge is -2.32. The molecule has 3 aromatic rings. The molecule has 4 rings (SSSR count). The van der Waals surface area contributed by atoms with Crippen molar-refractivity contribution >= 4 is 17.2 Å². The molecular formula is C22H20F3N3OS. The molecule has 0 N–H and O–H groups in total. The molecule has 1 saturated heterocycles. The molecule has 1 atom stereocenters. The lowest BCUT2D eigenvalue weighted by molar-refractivity contribution is -0.138. The molecule has 8 heteroatoms. The zero-order valence-electron chi connectivity index (χ0n) is 16.1. The Morgan fingerprint density at radius 1 is 1.07 bits per heavy atom. The number of rotatable bonds is 4. The zero-order chi connectivity index (χ0) is 21.1. The fourth-order valence-corrected chi connectivity index (χ4v) is 4.73. The van der Waals surface area contributed by atoms with E-state index in [2.05, 4.69) is 10.2 Å². The molecule has 1 unspecified atom stereocenters. The van der Waals surface area contributed by atoms with Crippen LogP contribution in [0.15, 0.2) is 54.6 Å². The summed E-state index contributed by atoms with van der Waals surface area (Å²) in [5.74, 6) is -0.593. The number of carbonyl (C=O) groups is 1. The number of nitrogens with zero attached hydrogens (tertiary/aromatic N) is 3. The van der Waals surface area contributed by atoms with Gasteiger partial charge in [-0.05, 0) is 30.5 Å². The second-order valence-corrected chi connectivity index (χ2v) is 8.42. The Morgan fingerprint density at radius 3 is 2.57 bits per heavy atom. The summed E-state index contributed by atoms with van der Waals surface area (Å²) in [6.45, 7) is 0.794. The third kappa shape index (κ3) is 4.53. The van der Waals surface area contributed by atoms with Gasteiger partial charge in [-0.3, -0.25) is 4.79 Å². The summed E-state index contributed by atoms with van der Waals surface area (Å²) < 4.78 is 39.9. The summed E-state index contributed by atoms with van der Waals surface area (Å²) in [6, 6.07) is 14.9. The Balaban J connectivity index is 1.49. The van der Waals surface area contributed by atoms with Gasteiger partial charge in [-0.25, -0.2) is 0 Å². The first-order valence-corrected chi connectivity index (χ1v) is 10.5. The fourth-order valence-electron chi connectivity index (χ4n) is 3.72. The average molecular weight is 431 g/mol. The van der Waals surface area contributed by atoms with Crippen molar-refractivity contribution in [2.75, 3.05) is 13.1 Å². The van der Waals surface area contributed by atoms with Gasteiger partial charge in [0.25, 0.3) is 5.91 Å². The first kappa shape index (κ1) is 20.5. The number of hydrogen-bond donors (Lipinski definition) is 0. The normalized spacial score (nSPS) is 17.2. The van der Waals surface area contributed by atoms with Gasteiger partial charge < -0.3 is 4.90 Å². The van der Waals surface area contributed by atoms with Crippen LogP contribution in [0.2, 0.25) is 0 Å². The van der Waals surface area contributed by atoms with Gasteiger partial charge in [0.15, 0.2) is 0 Å². The van der Waals surface area contributed by atoms with Crippen molar-refractivity contribution in [1.29, 1.82) is 0 Å². The van der Waals surface area contributed by atoms with Gasteiger partial charge >= 0.3 is 6.18 Å². The molecule has 2 heterocycles. The second-order valence-electron chi connectivity index (χ2n) is 7.33. The van der Waals surface area contributed by atoms with E-state index >= 15 is 0 Å². The summed E-state index contributed by atoms with van der Waals surface area (Å²) in [4.78, 5) is 14.4. The van der Waals surface area contributed by atoms with Crippen LogP contribution >= 0.6 is 11.3 Å². The van der Waals surface area contributed by atoms with Crippen molar-refractivity contribution in [2.24, 2.45) is 0 Å². The van der Waals surface area contributed by atoms with Crippen LogP contribution in [0.4, 0.5) is 13.2 Å². The lowest BCUT2D eigenvalue weighted by atomic mass is 9.97. The van der Waals surface area contributed by atoms with Crippen molar-refractivity contribution in [3.05, 3.63) is 81.3 Å². The molecule has 0 spiro atoms. The molecule has 0 aliphatic carbocycles. The molecule has 0 saturated carbocycles. The molecule has 1 fully saturated rings. The smallest absolute Gasteiger partial charge is 0.338 e. The van der Waals surface area contributed by atoms with Crippen LogP contribution in [0.3, 0.4) is 0 Å². The van der Waals surface area contributed by atoms with Crippen molar-refractivity contribution < 1.29 is 18.0 Å². The number of alkyl halides is 3. The quantitative estimate of drug-likeness (QED) is 0.573. The minimum atomic E-state index is -4.56. The van der Waals surface area contributed by atoms with Gasteiger partial charge in [-0.15, -0.1) is 21.5 Å². The monoisotopic (exact) mass is 431 g/mol. The van der Waals surface area contributed by atoms with Gasteiger partial charge in [0, 0.05) is 25.4 Å². The highest BCUT2D eigenvalue weighted by Crippen LogP contribution is 2.34. The lowest BCUT2D eigenvalue weighted by Crippen LogP contribution is -2.39. The third-order valence-corrected chi connectivity index (χ3v) is 6.29. The number of halogens is 3. The number of amides is 1. The molecule has 1 aliphatic heterocycles. The second kappa shape index (κ2) is 8.55. The van der Waals surface area contributed by atoms with Gasteiger partial charge in [-0.1, -0.05) is 42.5 Å². The van der Waals surface area contributed by atoms with Crippen LogP contribution < -0.4 is 0 Å². The van der Waals surface area contributed by atoms with E-state index in [4.69, 9.17) is 0 Å². The maximum Gasteiger partial charge on any atom is 0.417 e. The van der Waals surface area contributed by atoms with Gasteiger partial charge in [0.05, 0.1) is 11.1 Å². The fraction of sp³-hybridized carbons (Fsp3) is 0.318.